The molecule has 0 aromatic carbocycles. The van der Waals surface area contributed by atoms with Crippen LogP contribution in [0.1, 0.15) is 31.2 Å². The molecule has 1 aliphatic rings. The number of hydrogen-bond acceptors (Lipinski definition) is 5. The Hall–Kier alpha value is -1.01. The number of fused-ring (bicyclic) bond motifs is 1. The van der Waals surface area contributed by atoms with Crippen LogP contribution in [-0.4, -0.2) is 37.1 Å². The first-order valence-electron chi connectivity index (χ1n) is 6.86. The van der Waals surface area contributed by atoms with E-state index in [0.29, 0.717) is 22.2 Å². The molecule has 0 bridgehead atoms. The molecule has 1 N–H and O–H groups in total. The van der Waals surface area contributed by atoms with Gasteiger partial charge in [-0.2, -0.15) is 31.3 Å². The predicted octanol–water partition coefficient (Wildman–Crippen LogP) is 3.17. The number of anilines is 1. The van der Waals surface area contributed by atoms with E-state index in [9.17, 15) is 0 Å². The lowest BCUT2D eigenvalue weighted by molar-refractivity contribution is 0.473. The fourth-order valence-electron chi connectivity index (χ4n) is 2.79. The van der Waals surface area contributed by atoms with Crippen molar-refractivity contribution < 1.29 is 0 Å². The number of hydrogen-bond donors (Lipinski definition) is 1. The molecular weight excluding hydrogens is 294 g/mol. The van der Waals surface area contributed by atoms with E-state index in [1.54, 1.807) is 4.52 Å². The maximum atomic E-state index is 6.20. The molecule has 0 radical (unpaired) electrons. The van der Waals surface area contributed by atoms with Gasteiger partial charge in [0.1, 0.15) is 17.3 Å². The molecule has 2 unspecified atom stereocenters. The predicted molar refractivity (Wildman–Crippen MR) is 83.7 cm³/mol. The van der Waals surface area contributed by atoms with Crippen LogP contribution in [0.5, 0.6) is 0 Å². The third-order valence-corrected chi connectivity index (χ3v) is 5.47. The molecule has 2 aromatic rings. The van der Waals surface area contributed by atoms with Crippen LogP contribution in [-0.2, 0) is 0 Å². The average molecular weight is 312 g/mol. The van der Waals surface area contributed by atoms with E-state index in [-0.39, 0.29) is 0 Å². The van der Waals surface area contributed by atoms with Gasteiger partial charge >= 0.3 is 0 Å². The second kappa shape index (κ2) is 5.77. The zero-order valence-corrected chi connectivity index (χ0v) is 13.2. The van der Waals surface area contributed by atoms with Crippen molar-refractivity contribution in [2.75, 3.05) is 11.6 Å². The largest absolute Gasteiger partial charge is 0.366 e. The molecule has 0 spiro atoms. The molecule has 7 heteroatoms. The highest BCUT2D eigenvalue weighted by Gasteiger charge is 2.26. The molecule has 0 aliphatic heterocycles. The smallest absolute Gasteiger partial charge is 0.255 e. The Morgan fingerprint density at radius 3 is 3.00 bits per heavy atom. The van der Waals surface area contributed by atoms with E-state index in [1.165, 1.54) is 32.0 Å². The zero-order valence-electron chi connectivity index (χ0n) is 11.6. The summed E-state index contributed by atoms with van der Waals surface area (Å²) in [6, 6.07) is 0.448. The third-order valence-electron chi connectivity index (χ3n) is 3.93. The summed E-state index contributed by atoms with van der Waals surface area (Å²) in [4.78, 5) is 8.36. The van der Waals surface area contributed by atoms with Crippen molar-refractivity contribution >= 4 is 35.0 Å². The molecule has 108 valence electrons. The Bertz CT molecular complexity index is 614. The van der Waals surface area contributed by atoms with Crippen molar-refractivity contribution in [3.8, 4) is 0 Å². The van der Waals surface area contributed by atoms with Gasteiger partial charge in [0, 0.05) is 16.9 Å². The first-order valence-corrected chi connectivity index (χ1v) is 8.52. The van der Waals surface area contributed by atoms with Crippen LogP contribution < -0.4 is 5.32 Å². The number of rotatable bonds is 3. The fourth-order valence-corrected chi connectivity index (χ4v) is 3.89. The van der Waals surface area contributed by atoms with E-state index in [1.807, 2.05) is 18.7 Å². The van der Waals surface area contributed by atoms with E-state index in [2.05, 4.69) is 26.6 Å². The van der Waals surface area contributed by atoms with Gasteiger partial charge in [-0.05, 0) is 26.0 Å². The van der Waals surface area contributed by atoms with Gasteiger partial charge in [0.15, 0.2) is 0 Å². The lowest BCUT2D eigenvalue weighted by atomic mass is 9.95. The minimum atomic E-state index is 0.448. The highest BCUT2D eigenvalue weighted by atomic mass is 35.5. The number of halogens is 1. The number of thioether (sulfide) groups is 1. The first kappa shape index (κ1) is 13.9. The van der Waals surface area contributed by atoms with Crippen molar-refractivity contribution in [3.05, 3.63) is 17.0 Å². The average Bonchev–Trinajstić information content (AvgIpc) is 2.92. The molecule has 5 nitrogen and oxygen atoms in total. The number of aromatic nitrogens is 4. The first-order chi connectivity index (χ1) is 9.70. The quantitative estimate of drug-likeness (QED) is 0.882. The summed E-state index contributed by atoms with van der Waals surface area (Å²) in [5, 5.41) is 9.01. The van der Waals surface area contributed by atoms with Gasteiger partial charge in [-0.15, -0.1) is 0 Å². The Kier molecular flexibility index (Phi) is 4.03. The molecule has 0 amide bonds. The molecular formula is C13H18ClN5S. The molecule has 20 heavy (non-hydrogen) atoms. The molecule has 1 saturated carbocycles. The van der Waals surface area contributed by atoms with Gasteiger partial charge in [0.2, 0.25) is 0 Å². The second-order valence-electron chi connectivity index (χ2n) is 5.16. The lowest BCUT2D eigenvalue weighted by Crippen LogP contribution is -2.35. The molecule has 1 aliphatic carbocycles. The summed E-state index contributed by atoms with van der Waals surface area (Å²) in [5.41, 5.74) is 0.926. The van der Waals surface area contributed by atoms with Crippen LogP contribution in [0.2, 0.25) is 5.15 Å². The monoisotopic (exact) mass is 311 g/mol. The van der Waals surface area contributed by atoms with E-state index >= 15 is 0 Å². The van der Waals surface area contributed by atoms with Crippen LogP contribution in [0, 0.1) is 6.92 Å². The van der Waals surface area contributed by atoms with Gasteiger partial charge in [-0.1, -0.05) is 24.4 Å². The van der Waals surface area contributed by atoms with E-state index in [4.69, 9.17) is 11.6 Å². The van der Waals surface area contributed by atoms with Gasteiger partial charge in [0.05, 0.1) is 0 Å². The molecule has 0 saturated heterocycles. The molecule has 2 atom stereocenters. The highest BCUT2D eigenvalue weighted by molar-refractivity contribution is 7.99. The summed E-state index contributed by atoms with van der Waals surface area (Å²) in [7, 11) is 0. The topological polar surface area (TPSA) is 55.1 Å². The zero-order chi connectivity index (χ0) is 14.1. The van der Waals surface area contributed by atoms with Crippen molar-refractivity contribution in [3.63, 3.8) is 0 Å². The standard InChI is InChI=1S/C13H18ClN5S/c1-8-11(14)18-13-15-7-16-19(13)12(8)17-9-5-3-4-6-10(9)20-2/h7,9-10,17H,3-6H2,1-2H3. The van der Waals surface area contributed by atoms with E-state index in [0.717, 1.165) is 11.4 Å². The number of nitrogens with zero attached hydrogens (tertiary/aromatic N) is 4. The van der Waals surface area contributed by atoms with Gasteiger partial charge in [0.25, 0.3) is 5.78 Å². The Labute approximate surface area is 127 Å². The van der Waals surface area contributed by atoms with Crippen molar-refractivity contribution in [1.82, 2.24) is 19.6 Å². The van der Waals surface area contributed by atoms with Crippen molar-refractivity contribution in [1.29, 1.82) is 0 Å². The molecule has 3 rings (SSSR count). The van der Waals surface area contributed by atoms with Crippen molar-refractivity contribution in [2.45, 2.75) is 43.9 Å². The van der Waals surface area contributed by atoms with Crippen LogP contribution in [0.15, 0.2) is 6.33 Å². The van der Waals surface area contributed by atoms with E-state index < -0.39 is 0 Å². The molecule has 2 heterocycles. The molecule has 2 aromatic heterocycles. The van der Waals surface area contributed by atoms with Crippen LogP contribution in [0.4, 0.5) is 5.82 Å². The fraction of sp³-hybridized carbons (Fsp3) is 0.615. The maximum absolute atomic E-state index is 6.20. The Morgan fingerprint density at radius 1 is 1.40 bits per heavy atom. The normalized spacial score (nSPS) is 23.1. The summed E-state index contributed by atoms with van der Waals surface area (Å²) < 4.78 is 1.74. The lowest BCUT2D eigenvalue weighted by Gasteiger charge is -2.32. The van der Waals surface area contributed by atoms with Crippen LogP contribution in [0.25, 0.3) is 5.78 Å². The Balaban J connectivity index is 1.97. The third kappa shape index (κ3) is 2.46. The highest BCUT2D eigenvalue weighted by Crippen LogP contribution is 2.31. The minimum absolute atomic E-state index is 0.448. The minimum Gasteiger partial charge on any atom is -0.366 e. The number of nitrogens with one attached hydrogen (secondary N) is 1. The van der Waals surface area contributed by atoms with Crippen LogP contribution in [0.3, 0.4) is 0 Å². The summed E-state index contributed by atoms with van der Waals surface area (Å²) in [5.74, 6) is 1.46. The Morgan fingerprint density at radius 2 is 2.20 bits per heavy atom. The van der Waals surface area contributed by atoms with Gasteiger partial charge in [-0.3, -0.25) is 0 Å². The van der Waals surface area contributed by atoms with Gasteiger partial charge < -0.3 is 5.32 Å². The summed E-state index contributed by atoms with van der Waals surface area (Å²) >= 11 is 8.13. The van der Waals surface area contributed by atoms with Gasteiger partial charge in [-0.25, -0.2) is 0 Å². The van der Waals surface area contributed by atoms with Crippen molar-refractivity contribution in [2.24, 2.45) is 0 Å². The SMILES string of the molecule is CSC1CCCCC1Nc1c(C)c(Cl)nc2ncnn12. The summed E-state index contributed by atoms with van der Waals surface area (Å²) in [6.07, 6.45) is 8.72. The second-order valence-corrected chi connectivity index (χ2v) is 6.59. The maximum Gasteiger partial charge on any atom is 0.255 e. The molecule has 1 fully saturated rings. The summed E-state index contributed by atoms with van der Waals surface area (Å²) in [6.45, 7) is 1.97. The van der Waals surface area contributed by atoms with Crippen LogP contribution >= 0.6 is 23.4 Å².